The van der Waals surface area contributed by atoms with E-state index in [-0.39, 0.29) is 36.1 Å². The minimum Gasteiger partial charge on any atom is -0.452 e. The zero-order chi connectivity index (χ0) is 20.1. The van der Waals surface area contributed by atoms with Crippen molar-refractivity contribution in [2.45, 2.75) is 56.0 Å². The second kappa shape index (κ2) is 9.31. The summed E-state index contributed by atoms with van der Waals surface area (Å²) in [7, 11) is -3.09. The fraction of sp³-hybridized carbons (Fsp3) is 0.600. The molecule has 1 aromatic rings. The molecule has 0 radical (unpaired) electrons. The number of benzene rings is 1. The van der Waals surface area contributed by atoms with Crippen LogP contribution >= 0.6 is 11.8 Å². The van der Waals surface area contributed by atoms with Crippen molar-refractivity contribution in [2.24, 2.45) is 0 Å². The number of carbonyl (C=O) groups excluding carboxylic acids is 2. The molecule has 6 nitrogen and oxygen atoms in total. The van der Waals surface area contributed by atoms with Crippen molar-refractivity contribution in [3.8, 4) is 0 Å². The predicted molar refractivity (Wildman–Crippen MR) is 109 cm³/mol. The van der Waals surface area contributed by atoms with Gasteiger partial charge >= 0.3 is 5.97 Å². The number of rotatable bonds is 7. The fourth-order valence-electron chi connectivity index (χ4n) is 4.08. The lowest BCUT2D eigenvalue weighted by Crippen LogP contribution is -2.48. The van der Waals surface area contributed by atoms with Crippen LogP contribution in [0.3, 0.4) is 0 Å². The largest absolute Gasteiger partial charge is 0.452 e. The average molecular weight is 426 g/mol. The van der Waals surface area contributed by atoms with E-state index in [1.165, 1.54) is 0 Å². The van der Waals surface area contributed by atoms with Crippen molar-refractivity contribution in [1.82, 2.24) is 4.90 Å². The molecule has 1 unspecified atom stereocenters. The van der Waals surface area contributed by atoms with Crippen LogP contribution in [-0.4, -0.2) is 61.1 Å². The molecule has 0 N–H and O–H groups in total. The van der Waals surface area contributed by atoms with Crippen molar-refractivity contribution >= 4 is 33.5 Å². The SMILES string of the molecule is CCSc1ccccc1C(=O)OCC(=O)N(C1CCCC1)C1CCS(=O)(=O)C1. The normalized spacial score (nSPS) is 21.5. The Morgan fingerprint density at radius 3 is 2.50 bits per heavy atom. The maximum Gasteiger partial charge on any atom is 0.339 e. The molecule has 1 aliphatic heterocycles. The summed E-state index contributed by atoms with van der Waals surface area (Å²) < 4.78 is 29.2. The van der Waals surface area contributed by atoms with Crippen molar-refractivity contribution < 1.29 is 22.7 Å². The molecule has 1 saturated carbocycles. The monoisotopic (exact) mass is 425 g/mol. The number of esters is 1. The van der Waals surface area contributed by atoms with Gasteiger partial charge in [0.25, 0.3) is 5.91 Å². The number of hydrogen-bond donors (Lipinski definition) is 0. The third-order valence-corrected chi connectivity index (χ3v) is 8.05. The molecule has 0 spiro atoms. The maximum atomic E-state index is 12.9. The first kappa shape index (κ1) is 21.2. The summed E-state index contributed by atoms with van der Waals surface area (Å²) in [5, 5.41) is 0. The summed E-state index contributed by atoms with van der Waals surface area (Å²) in [6.07, 6.45) is 4.30. The van der Waals surface area contributed by atoms with Crippen LogP contribution in [0.1, 0.15) is 49.4 Å². The zero-order valence-electron chi connectivity index (χ0n) is 16.1. The molecule has 0 bridgehead atoms. The lowest BCUT2D eigenvalue weighted by atomic mass is 10.1. The zero-order valence-corrected chi connectivity index (χ0v) is 17.8. The standard InChI is InChI=1S/C20H27NO5S2/c1-2-27-18-10-6-5-9-17(18)20(23)26-13-19(22)21(15-7-3-4-8-15)16-11-12-28(24,25)14-16/h5-6,9-10,15-16H,2-4,7-8,11-14H2,1H3. The second-order valence-electron chi connectivity index (χ2n) is 7.30. The van der Waals surface area contributed by atoms with Gasteiger partial charge in [-0.15, -0.1) is 11.8 Å². The van der Waals surface area contributed by atoms with Gasteiger partial charge in [-0.2, -0.15) is 0 Å². The van der Waals surface area contributed by atoms with Crippen LogP contribution in [0.15, 0.2) is 29.2 Å². The van der Waals surface area contributed by atoms with Crippen LogP contribution in [0.2, 0.25) is 0 Å². The van der Waals surface area contributed by atoms with E-state index in [1.54, 1.807) is 28.8 Å². The Kier molecular flexibility index (Phi) is 7.04. The number of amides is 1. The molecule has 0 aromatic heterocycles. The molecule has 8 heteroatoms. The Balaban J connectivity index is 1.68. The minimum atomic E-state index is -3.09. The van der Waals surface area contributed by atoms with Gasteiger partial charge in [0.15, 0.2) is 16.4 Å². The molecule has 2 aliphatic rings. The number of carbonyl (C=O) groups is 2. The molecule has 2 fully saturated rings. The van der Waals surface area contributed by atoms with E-state index in [1.807, 2.05) is 19.1 Å². The van der Waals surface area contributed by atoms with E-state index in [9.17, 15) is 18.0 Å². The van der Waals surface area contributed by atoms with Gasteiger partial charge in [0.05, 0.1) is 17.1 Å². The summed E-state index contributed by atoms with van der Waals surface area (Å²) in [6.45, 7) is 1.66. The lowest BCUT2D eigenvalue weighted by Gasteiger charge is -2.33. The number of thioether (sulfide) groups is 1. The molecule has 1 amide bonds. The van der Waals surface area contributed by atoms with Gasteiger partial charge in [-0.05, 0) is 37.1 Å². The molecule has 1 aromatic carbocycles. The van der Waals surface area contributed by atoms with E-state index in [0.29, 0.717) is 12.0 Å². The van der Waals surface area contributed by atoms with Crippen LogP contribution in [0.4, 0.5) is 0 Å². The Hall–Kier alpha value is -1.54. The summed E-state index contributed by atoms with van der Waals surface area (Å²) in [4.78, 5) is 28.0. The Labute approximate surface area is 170 Å². The quantitative estimate of drug-likeness (QED) is 0.494. The Morgan fingerprint density at radius 2 is 1.86 bits per heavy atom. The summed E-state index contributed by atoms with van der Waals surface area (Å²) in [6, 6.07) is 6.94. The number of ether oxygens (including phenoxy) is 1. The summed E-state index contributed by atoms with van der Waals surface area (Å²) >= 11 is 1.55. The Bertz CT molecular complexity index is 818. The van der Waals surface area contributed by atoms with Crippen LogP contribution in [0.5, 0.6) is 0 Å². The molecular weight excluding hydrogens is 398 g/mol. The van der Waals surface area contributed by atoms with Crippen molar-refractivity contribution in [3.05, 3.63) is 29.8 Å². The van der Waals surface area contributed by atoms with Crippen LogP contribution in [0.25, 0.3) is 0 Å². The number of sulfone groups is 1. The van der Waals surface area contributed by atoms with Gasteiger partial charge in [0.2, 0.25) is 0 Å². The smallest absolute Gasteiger partial charge is 0.339 e. The molecule has 3 rings (SSSR count). The third kappa shape index (κ3) is 5.08. The van der Waals surface area contributed by atoms with Crippen molar-refractivity contribution in [2.75, 3.05) is 23.9 Å². The van der Waals surface area contributed by atoms with Gasteiger partial charge in [-0.3, -0.25) is 4.79 Å². The topological polar surface area (TPSA) is 80.8 Å². The summed E-state index contributed by atoms with van der Waals surface area (Å²) in [5.74, 6) is 0.155. The van der Waals surface area contributed by atoms with E-state index in [0.717, 1.165) is 36.3 Å². The molecule has 28 heavy (non-hydrogen) atoms. The number of nitrogens with zero attached hydrogens (tertiary/aromatic N) is 1. The lowest BCUT2D eigenvalue weighted by molar-refractivity contribution is -0.139. The maximum absolute atomic E-state index is 12.9. The second-order valence-corrected chi connectivity index (χ2v) is 10.8. The highest BCUT2D eigenvalue weighted by atomic mass is 32.2. The van der Waals surface area contributed by atoms with Crippen molar-refractivity contribution in [1.29, 1.82) is 0 Å². The van der Waals surface area contributed by atoms with Crippen LogP contribution < -0.4 is 0 Å². The number of hydrogen-bond acceptors (Lipinski definition) is 6. The summed E-state index contributed by atoms with van der Waals surface area (Å²) in [5.41, 5.74) is 0.456. The molecular formula is C20H27NO5S2. The van der Waals surface area contributed by atoms with E-state index >= 15 is 0 Å². The molecule has 1 aliphatic carbocycles. The van der Waals surface area contributed by atoms with Gasteiger partial charge in [-0.25, -0.2) is 13.2 Å². The first-order valence-corrected chi connectivity index (χ1v) is 12.6. The van der Waals surface area contributed by atoms with Gasteiger partial charge in [0.1, 0.15) is 0 Å². The first-order valence-electron chi connectivity index (χ1n) is 9.82. The molecule has 1 atom stereocenters. The van der Waals surface area contributed by atoms with E-state index in [4.69, 9.17) is 4.74 Å². The van der Waals surface area contributed by atoms with Gasteiger partial charge in [0, 0.05) is 17.0 Å². The van der Waals surface area contributed by atoms with E-state index < -0.39 is 15.8 Å². The molecule has 1 heterocycles. The highest BCUT2D eigenvalue weighted by Gasteiger charge is 2.39. The van der Waals surface area contributed by atoms with Crippen LogP contribution in [0, 0.1) is 0 Å². The minimum absolute atomic E-state index is 0.0131. The molecule has 1 saturated heterocycles. The highest BCUT2D eigenvalue weighted by molar-refractivity contribution is 7.99. The molecule has 154 valence electrons. The first-order chi connectivity index (χ1) is 13.4. The van der Waals surface area contributed by atoms with Gasteiger partial charge in [-0.1, -0.05) is 31.9 Å². The van der Waals surface area contributed by atoms with Crippen molar-refractivity contribution in [3.63, 3.8) is 0 Å². The Morgan fingerprint density at radius 1 is 1.14 bits per heavy atom. The van der Waals surface area contributed by atoms with Crippen LogP contribution in [-0.2, 0) is 19.4 Å². The predicted octanol–water partition coefficient (Wildman–Crippen LogP) is 2.91. The van der Waals surface area contributed by atoms with E-state index in [2.05, 4.69) is 0 Å². The third-order valence-electron chi connectivity index (χ3n) is 5.34. The average Bonchev–Trinajstić information content (AvgIpc) is 3.31. The van der Waals surface area contributed by atoms with Gasteiger partial charge < -0.3 is 9.64 Å². The fourth-order valence-corrected chi connectivity index (χ4v) is 6.58. The highest BCUT2D eigenvalue weighted by Crippen LogP contribution is 2.29.